The molecule has 0 spiro atoms. The smallest absolute Gasteiger partial charge is 0.228 e. The van der Waals surface area contributed by atoms with Gasteiger partial charge in [-0.05, 0) is 37.4 Å². The molecule has 1 aromatic carbocycles. The van der Waals surface area contributed by atoms with Gasteiger partial charge in [-0.15, -0.1) is 0 Å². The van der Waals surface area contributed by atoms with E-state index in [1.165, 1.54) is 38.4 Å². The van der Waals surface area contributed by atoms with Crippen LogP contribution in [0.3, 0.4) is 0 Å². The van der Waals surface area contributed by atoms with Gasteiger partial charge in [-0.1, -0.05) is 37.5 Å². The summed E-state index contributed by atoms with van der Waals surface area (Å²) in [5.74, 6) is 0.241. The van der Waals surface area contributed by atoms with Gasteiger partial charge in [0.05, 0.1) is 12.5 Å². The molecule has 0 unspecified atom stereocenters. The largest absolute Gasteiger partial charge is 0.325 e. The molecular formula is C20H27N5O. The quantitative estimate of drug-likeness (QED) is 0.898. The third-order valence-electron chi connectivity index (χ3n) is 5.76. The molecule has 1 atom stereocenters. The van der Waals surface area contributed by atoms with Crippen LogP contribution in [0.4, 0.5) is 5.69 Å². The summed E-state index contributed by atoms with van der Waals surface area (Å²) in [6.07, 6.45) is 10.8. The SMILES string of the molecule is O=C(Nc1ccccc1Cn1cncn1)[C@@H]1CCN(C2CCCCC2)C1. The summed E-state index contributed by atoms with van der Waals surface area (Å²) in [7, 11) is 0. The first-order valence-corrected chi connectivity index (χ1v) is 9.75. The molecule has 2 heterocycles. The van der Waals surface area contributed by atoms with Gasteiger partial charge in [0.25, 0.3) is 0 Å². The lowest BCUT2D eigenvalue weighted by molar-refractivity contribution is -0.119. The molecule has 4 rings (SSSR count). The third-order valence-corrected chi connectivity index (χ3v) is 5.76. The predicted molar refractivity (Wildman–Crippen MR) is 101 cm³/mol. The summed E-state index contributed by atoms with van der Waals surface area (Å²) in [6, 6.07) is 8.64. The number of hydrogen-bond donors (Lipinski definition) is 1. The number of aromatic nitrogens is 3. The Hall–Kier alpha value is -2.21. The van der Waals surface area contributed by atoms with E-state index in [9.17, 15) is 4.79 Å². The van der Waals surface area contributed by atoms with Crippen LogP contribution in [0.2, 0.25) is 0 Å². The zero-order valence-corrected chi connectivity index (χ0v) is 15.2. The molecule has 1 saturated carbocycles. The van der Waals surface area contributed by atoms with Crippen LogP contribution in [0.15, 0.2) is 36.9 Å². The minimum Gasteiger partial charge on any atom is -0.325 e. The van der Waals surface area contributed by atoms with Crippen LogP contribution in [0.25, 0.3) is 0 Å². The van der Waals surface area contributed by atoms with Crippen molar-refractivity contribution in [1.29, 1.82) is 0 Å². The van der Waals surface area contributed by atoms with E-state index in [-0.39, 0.29) is 11.8 Å². The molecule has 1 aromatic heterocycles. The fourth-order valence-electron chi connectivity index (χ4n) is 4.28. The standard InChI is InChI=1S/C20H27N5O/c26-20(17-10-11-24(12-17)18-7-2-1-3-8-18)23-19-9-5-4-6-16(19)13-25-15-21-14-22-25/h4-6,9,14-15,17-18H,1-3,7-8,10-13H2,(H,23,26)/t17-/m1/s1. The zero-order valence-electron chi connectivity index (χ0n) is 15.2. The van der Waals surface area contributed by atoms with E-state index in [4.69, 9.17) is 0 Å². The molecule has 1 saturated heterocycles. The summed E-state index contributed by atoms with van der Waals surface area (Å²) in [6.45, 7) is 2.57. The minimum atomic E-state index is 0.0938. The number of amides is 1. The maximum Gasteiger partial charge on any atom is 0.228 e. The van der Waals surface area contributed by atoms with E-state index in [1.807, 2.05) is 24.3 Å². The summed E-state index contributed by atoms with van der Waals surface area (Å²) in [5, 5.41) is 7.32. The van der Waals surface area contributed by atoms with Crippen molar-refractivity contribution in [3.8, 4) is 0 Å². The highest BCUT2D eigenvalue weighted by Gasteiger charge is 2.32. The number of anilines is 1. The number of carbonyl (C=O) groups excluding carboxylic acids is 1. The number of para-hydroxylation sites is 1. The summed E-state index contributed by atoms with van der Waals surface area (Å²) in [4.78, 5) is 19.4. The molecule has 2 aromatic rings. The second kappa shape index (κ2) is 7.99. The van der Waals surface area contributed by atoms with Crippen molar-refractivity contribution in [3.05, 3.63) is 42.5 Å². The Morgan fingerprint density at radius 3 is 2.81 bits per heavy atom. The highest BCUT2D eigenvalue weighted by Crippen LogP contribution is 2.28. The molecule has 1 aliphatic heterocycles. The number of likely N-dealkylation sites (tertiary alicyclic amines) is 1. The first-order chi connectivity index (χ1) is 12.8. The molecule has 26 heavy (non-hydrogen) atoms. The van der Waals surface area contributed by atoms with E-state index < -0.39 is 0 Å². The topological polar surface area (TPSA) is 63.1 Å². The van der Waals surface area contributed by atoms with Crippen LogP contribution >= 0.6 is 0 Å². The van der Waals surface area contributed by atoms with Crippen LogP contribution in [-0.2, 0) is 11.3 Å². The molecule has 6 nitrogen and oxygen atoms in total. The van der Waals surface area contributed by atoms with E-state index in [1.54, 1.807) is 11.0 Å². The summed E-state index contributed by atoms with van der Waals surface area (Å²) in [5.41, 5.74) is 1.93. The van der Waals surface area contributed by atoms with Gasteiger partial charge in [0.15, 0.2) is 0 Å². The highest BCUT2D eigenvalue weighted by molar-refractivity contribution is 5.93. The van der Waals surface area contributed by atoms with Gasteiger partial charge in [-0.2, -0.15) is 5.10 Å². The van der Waals surface area contributed by atoms with Crippen LogP contribution in [0.5, 0.6) is 0 Å². The highest BCUT2D eigenvalue weighted by atomic mass is 16.1. The maximum absolute atomic E-state index is 12.8. The number of nitrogens with zero attached hydrogens (tertiary/aromatic N) is 4. The Kier molecular flexibility index (Phi) is 5.29. The molecule has 2 fully saturated rings. The van der Waals surface area contributed by atoms with Crippen molar-refractivity contribution in [2.24, 2.45) is 5.92 Å². The van der Waals surface area contributed by atoms with Gasteiger partial charge in [0.2, 0.25) is 5.91 Å². The van der Waals surface area contributed by atoms with Crippen LogP contribution < -0.4 is 5.32 Å². The van der Waals surface area contributed by atoms with Crippen molar-refractivity contribution < 1.29 is 4.79 Å². The molecule has 2 aliphatic rings. The third kappa shape index (κ3) is 3.96. The Bertz CT molecular complexity index is 724. The monoisotopic (exact) mass is 353 g/mol. The average molecular weight is 353 g/mol. The lowest BCUT2D eigenvalue weighted by Crippen LogP contribution is -2.36. The van der Waals surface area contributed by atoms with Crippen LogP contribution in [0, 0.1) is 5.92 Å². The van der Waals surface area contributed by atoms with Gasteiger partial charge < -0.3 is 5.32 Å². The molecule has 6 heteroatoms. The zero-order chi connectivity index (χ0) is 17.8. The van der Waals surface area contributed by atoms with Gasteiger partial charge in [-0.25, -0.2) is 9.67 Å². The molecule has 138 valence electrons. The van der Waals surface area contributed by atoms with Crippen molar-refractivity contribution in [2.75, 3.05) is 18.4 Å². The van der Waals surface area contributed by atoms with Crippen LogP contribution in [0.1, 0.15) is 44.1 Å². The molecule has 1 N–H and O–H groups in total. The Morgan fingerprint density at radius 2 is 2.00 bits per heavy atom. The Labute approximate surface area is 154 Å². The predicted octanol–water partition coefficient (Wildman–Crippen LogP) is 2.92. The van der Waals surface area contributed by atoms with Crippen molar-refractivity contribution in [3.63, 3.8) is 0 Å². The van der Waals surface area contributed by atoms with E-state index in [0.29, 0.717) is 12.6 Å². The van der Waals surface area contributed by atoms with E-state index in [2.05, 4.69) is 20.3 Å². The van der Waals surface area contributed by atoms with Crippen molar-refractivity contribution in [2.45, 2.75) is 51.1 Å². The van der Waals surface area contributed by atoms with E-state index >= 15 is 0 Å². The molecule has 1 aliphatic carbocycles. The van der Waals surface area contributed by atoms with Gasteiger partial charge in [0, 0.05) is 18.3 Å². The Morgan fingerprint density at radius 1 is 1.15 bits per heavy atom. The number of nitrogens with one attached hydrogen (secondary N) is 1. The lowest BCUT2D eigenvalue weighted by atomic mass is 9.94. The van der Waals surface area contributed by atoms with Gasteiger partial charge in [-0.3, -0.25) is 9.69 Å². The van der Waals surface area contributed by atoms with Crippen molar-refractivity contribution >= 4 is 11.6 Å². The second-order valence-corrected chi connectivity index (χ2v) is 7.51. The Balaban J connectivity index is 1.38. The van der Waals surface area contributed by atoms with Crippen molar-refractivity contribution in [1.82, 2.24) is 19.7 Å². The minimum absolute atomic E-state index is 0.0938. The number of benzene rings is 1. The first kappa shape index (κ1) is 17.2. The molecule has 0 bridgehead atoms. The molecular weight excluding hydrogens is 326 g/mol. The molecule has 1 amide bonds. The normalized spacial score (nSPS) is 21.8. The van der Waals surface area contributed by atoms with Gasteiger partial charge >= 0.3 is 0 Å². The molecule has 0 radical (unpaired) electrons. The van der Waals surface area contributed by atoms with Crippen LogP contribution in [-0.4, -0.2) is 44.7 Å². The number of hydrogen-bond acceptors (Lipinski definition) is 4. The van der Waals surface area contributed by atoms with Gasteiger partial charge in [0.1, 0.15) is 12.7 Å². The fourth-order valence-corrected chi connectivity index (χ4v) is 4.28. The number of carbonyl (C=O) groups is 1. The summed E-state index contributed by atoms with van der Waals surface area (Å²) < 4.78 is 1.77. The average Bonchev–Trinajstić information content (AvgIpc) is 3.36. The fraction of sp³-hybridized carbons (Fsp3) is 0.550. The lowest BCUT2D eigenvalue weighted by Gasteiger charge is -2.30. The number of rotatable bonds is 5. The summed E-state index contributed by atoms with van der Waals surface area (Å²) >= 11 is 0. The first-order valence-electron chi connectivity index (χ1n) is 9.75. The maximum atomic E-state index is 12.8. The second-order valence-electron chi connectivity index (χ2n) is 7.51. The van der Waals surface area contributed by atoms with E-state index in [0.717, 1.165) is 30.8 Å².